The quantitative estimate of drug-likeness (QED) is 0.451. The monoisotopic (exact) mass is 448 g/mol. The molecule has 0 spiro atoms. The number of hydrogen-bond acceptors (Lipinski definition) is 4. The predicted molar refractivity (Wildman–Crippen MR) is 110 cm³/mol. The molecule has 0 saturated heterocycles. The smallest absolute Gasteiger partial charge is 0.266 e. The number of carbonyl (C=O) groups is 1. The van der Waals surface area contributed by atoms with Crippen LogP contribution in [0.2, 0.25) is 5.02 Å². The Kier molecular flexibility index (Phi) is 7.71. The van der Waals surface area contributed by atoms with E-state index in [0.29, 0.717) is 41.0 Å². The van der Waals surface area contributed by atoms with Crippen molar-refractivity contribution in [3.63, 3.8) is 0 Å². The molecule has 0 aliphatic rings. The van der Waals surface area contributed by atoms with Gasteiger partial charge in [0.25, 0.3) is 5.91 Å². The number of ether oxygens (including phenoxy) is 2. The third-order valence-corrected chi connectivity index (χ3v) is 4.29. The van der Waals surface area contributed by atoms with E-state index in [0.717, 1.165) is 4.47 Å². The van der Waals surface area contributed by atoms with Gasteiger partial charge in [-0.2, -0.15) is 5.26 Å². The van der Waals surface area contributed by atoms with Crippen LogP contribution >= 0.6 is 27.5 Å². The number of nitrogens with one attached hydrogen (secondary N) is 1. The first-order chi connectivity index (χ1) is 13.0. The SMILES string of the molecule is CCOc1cc(Cl)c(/C=C(\C#N)C(=O)Nc2ccc(Br)cc2)cc1OCC. The highest BCUT2D eigenvalue weighted by molar-refractivity contribution is 9.10. The van der Waals surface area contributed by atoms with Gasteiger partial charge < -0.3 is 14.8 Å². The molecule has 0 saturated carbocycles. The molecule has 0 aliphatic carbocycles. The lowest BCUT2D eigenvalue weighted by atomic mass is 10.1. The molecule has 7 heteroatoms. The Bertz CT molecular complexity index is 889. The van der Waals surface area contributed by atoms with Crippen molar-refractivity contribution in [1.29, 1.82) is 5.26 Å². The summed E-state index contributed by atoms with van der Waals surface area (Å²) in [6.07, 6.45) is 1.43. The third kappa shape index (κ3) is 5.75. The fourth-order valence-corrected chi connectivity index (χ4v) is 2.71. The maximum absolute atomic E-state index is 12.4. The van der Waals surface area contributed by atoms with E-state index in [9.17, 15) is 10.1 Å². The van der Waals surface area contributed by atoms with Crippen molar-refractivity contribution >= 4 is 45.2 Å². The van der Waals surface area contributed by atoms with Crippen LogP contribution < -0.4 is 14.8 Å². The van der Waals surface area contributed by atoms with E-state index >= 15 is 0 Å². The van der Waals surface area contributed by atoms with E-state index in [2.05, 4.69) is 21.2 Å². The first kappa shape index (κ1) is 20.8. The van der Waals surface area contributed by atoms with Gasteiger partial charge in [0.2, 0.25) is 0 Å². The second kappa shape index (κ2) is 10.0. The zero-order chi connectivity index (χ0) is 19.8. The predicted octanol–water partition coefficient (Wildman–Crippen LogP) is 5.45. The molecule has 5 nitrogen and oxygen atoms in total. The molecule has 27 heavy (non-hydrogen) atoms. The summed E-state index contributed by atoms with van der Waals surface area (Å²) >= 11 is 9.62. The van der Waals surface area contributed by atoms with E-state index in [4.69, 9.17) is 21.1 Å². The maximum atomic E-state index is 12.4. The molecule has 2 aromatic carbocycles. The number of anilines is 1. The number of nitrogens with zero attached hydrogens (tertiary/aromatic N) is 1. The number of hydrogen-bond donors (Lipinski definition) is 1. The number of amides is 1. The molecule has 0 unspecified atom stereocenters. The largest absolute Gasteiger partial charge is 0.490 e. The number of nitriles is 1. The zero-order valence-electron chi connectivity index (χ0n) is 14.9. The molecule has 2 rings (SSSR count). The van der Waals surface area contributed by atoms with Crippen molar-refractivity contribution in [1.82, 2.24) is 0 Å². The third-order valence-electron chi connectivity index (χ3n) is 3.43. The summed E-state index contributed by atoms with van der Waals surface area (Å²) in [5.41, 5.74) is 0.995. The molecule has 1 amide bonds. The lowest BCUT2D eigenvalue weighted by molar-refractivity contribution is -0.112. The fraction of sp³-hybridized carbons (Fsp3) is 0.200. The molecule has 0 bridgehead atoms. The summed E-state index contributed by atoms with van der Waals surface area (Å²) in [5, 5.41) is 12.4. The molecule has 1 N–H and O–H groups in total. The molecule has 0 fully saturated rings. The van der Waals surface area contributed by atoms with Gasteiger partial charge in [-0.15, -0.1) is 0 Å². The van der Waals surface area contributed by atoms with Crippen LogP contribution in [-0.4, -0.2) is 19.1 Å². The van der Waals surface area contributed by atoms with Crippen molar-refractivity contribution in [2.24, 2.45) is 0 Å². The number of halogens is 2. The van der Waals surface area contributed by atoms with Crippen LogP contribution in [0, 0.1) is 11.3 Å². The normalized spacial score (nSPS) is 10.9. The molecular formula is C20H18BrClN2O3. The van der Waals surface area contributed by atoms with Gasteiger partial charge in [0.15, 0.2) is 11.5 Å². The minimum atomic E-state index is -0.525. The molecule has 0 aromatic heterocycles. The second-order valence-electron chi connectivity index (χ2n) is 5.32. The summed E-state index contributed by atoms with van der Waals surface area (Å²) < 4.78 is 12.0. The summed E-state index contributed by atoms with van der Waals surface area (Å²) in [6, 6.07) is 12.2. The first-order valence-corrected chi connectivity index (χ1v) is 9.43. The van der Waals surface area contributed by atoms with Crippen LogP contribution in [0.3, 0.4) is 0 Å². The molecule has 140 valence electrons. The van der Waals surface area contributed by atoms with Crippen molar-refractivity contribution in [2.45, 2.75) is 13.8 Å². The summed E-state index contributed by atoms with van der Waals surface area (Å²) in [4.78, 5) is 12.4. The topological polar surface area (TPSA) is 71.3 Å². The fourth-order valence-electron chi connectivity index (χ4n) is 2.23. The van der Waals surface area contributed by atoms with Gasteiger partial charge in [-0.3, -0.25) is 4.79 Å². The Morgan fingerprint density at radius 1 is 1.19 bits per heavy atom. The molecule has 0 heterocycles. The van der Waals surface area contributed by atoms with Crippen LogP contribution in [0.15, 0.2) is 46.4 Å². The number of rotatable bonds is 7. The van der Waals surface area contributed by atoms with E-state index in [-0.39, 0.29) is 5.57 Å². The second-order valence-corrected chi connectivity index (χ2v) is 6.64. The number of carbonyl (C=O) groups excluding carboxylic acids is 1. The van der Waals surface area contributed by atoms with E-state index < -0.39 is 5.91 Å². The van der Waals surface area contributed by atoms with Crippen molar-refractivity contribution in [3.05, 3.63) is 57.0 Å². The summed E-state index contributed by atoms with van der Waals surface area (Å²) in [5.74, 6) is 0.489. The Hall–Kier alpha value is -2.49. The average molecular weight is 450 g/mol. The van der Waals surface area contributed by atoms with E-state index in [1.807, 2.05) is 19.9 Å². The highest BCUT2D eigenvalue weighted by atomic mass is 79.9. The van der Waals surface area contributed by atoms with Crippen LogP contribution in [0.5, 0.6) is 11.5 Å². The Balaban J connectivity index is 2.32. The highest BCUT2D eigenvalue weighted by Crippen LogP contribution is 2.34. The number of benzene rings is 2. The van der Waals surface area contributed by atoms with E-state index in [1.165, 1.54) is 6.08 Å². The van der Waals surface area contributed by atoms with Crippen LogP contribution in [0.1, 0.15) is 19.4 Å². The minimum absolute atomic E-state index is 0.0774. The Labute approximate surface area is 171 Å². The van der Waals surface area contributed by atoms with Gasteiger partial charge in [0, 0.05) is 16.2 Å². The van der Waals surface area contributed by atoms with Gasteiger partial charge in [0.05, 0.1) is 18.2 Å². The maximum Gasteiger partial charge on any atom is 0.266 e. The van der Waals surface area contributed by atoms with E-state index in [1.54, 1.807) is 36.4 Å². The van der Waals surface area contributed by atoms with Gasteiger partial charge >= 0.3 is 0 Å². The van der Waals surface area contributed by atoms with Crippen LogP contribution in [0.4, 0.5) is 5.69 Å². The van der Waals surface area contributed by atoms with Gasteiger partial charge in [-0.25, -0.2) is 0 Å². The average Bonchev–Trinajstić information content (AvgIpc) is 2.65. The van der Waals surface area contributed by atoms with Crippen molar-refractivity contribution in [3.8, 4) is 17.6 Å². The zero-order valence-corrected chi connectivity index (χ0v) is 17.2. The summed E-state index contributed by atoms with van der Waals surface area (Å²) in [6.45, 7) is 4.62. The van der Waals surface area contributed by atoms with Crippen LogP contribution in [0.25, 0.3) is 6.08 Å². The lowest BCUT2D eigenvalue weighted by Crippen LogP contribution is -2.13. The molecule has 0 aliphatic heterocycles. The molecule has 2 aromatic rings. The minimum Gasteiger partial charge on any atom is -0.490 e. The summed E-state index contributed by atoms with van der Waals surface area (Å²) in [7, 11) is 0. The highest BCUT2D eigenvalue weighted by Gasteiger charge is 2.14. The van der Waals surface area contributed by atoms with Crippen LogP contribution in [-0.2, 0) is 4.79 Å². The molecule has 0 atom stereocenters. The van der Waals surface area contributed by atoms with Crippen molar-refractivity contribution < 1.29 is 14.3 Å². The Morgan fingerprint density at radius 2 is 1.78 bits per heavy atom. The van der Waals surface area contributed by atoms with Gasteiger partial charge in [-0.1, -0.05) is 27.5 Å². The standard InChI is InChI=1S/C20H18BrClN2O3/c1-3-26-18-10-13(17(22)11-19(18)27-4-2)9-14(12-23)20(25)24-16-7-5-15(21)6-8-16/h5-11H,3-4H2,1-2H3,(H,24,25)/b14-9+. The Morgan fingerprint density at radius 3 is 2.33 bits per heavy atom. The first-order valence-electron chi connectivity index (χ1n) is 8.26. The van der Waals surface area contributed by atoms with Crippen molar-refractivity contribution in [2.75, 3.05) is 18.5 Å². The molecular weight excluding hydrogens is 432 g/mol. The van der Waals surface area contributed by atoms with Gasteiger partial charge in [-0.05, 0) is 55.8 Å². The lowest BCUT2D eigenvalue weighted by Gasteiger charge is -2.13. The van der Waals surface area contributed by atoms with Gasteiger partial charge in [0.1, 0.15) is 11.6 Å². The molecule has 0 radical (unpaired) electrons.